The Hall–Kier alpha value is -4.53. The number of fused-ring (bicyclic) bond motifs is 2. The monoisotopic (exact) mass is 526 g/mol. The van der Waals surface area contributed by atoms with E-state index in [2.05, 4.69) is 10.3 Å². The number of carbonyl (C=O) groups excluding carboxylic acids is 2. The fourth-order valence-corrected chi connectivity index (χ4v) is 5.23. The standard InChI is InChI=1S/C30H30N4O5/c1-18-3-5-19(6-4-18)16-32-28(35)24-15-26(39-23-10-12-34-22(14-23)17-38-30(34)36)27(33-29(24)37-2)21-7-8-25-20(13-21)9-11-31-25/h3-9,11,13,15,22-23,31H,10,12,14,16-17H2,1-2H3,(H,32,35)/t22-,23-/m0/s1. The fourth-order valence-electron chi connectivity index (χ4n) is 5.23. The number of H-pyrrole nitrogens is 1. The molecule has 2 atom stereocenters. The summed E-state index contributed by atoms with van der Waals surface area (Å²) in [6.45, 7) is 3.32. The third-order valence-electron chi connectivity index (χ3n) is 7.39. The van der Waals surface area contributed by atoms with Crippen molar-refractivity contribution in [1.82, 2.24) is 20.2 Å². The second-order valence-electron chi connectivity index (χ2n) is 10.0. The molecule has 0 bridgehead atoms. The van der Waals surface area contributed by atoms with Crippen LogP contribution in [-0.2, 0) is 11.3 Å². The van der Waals surface area contributed by atoms with Crippen molar-refractivity contribution >= 4 is 22.9 Å². The molecule has 2 fully saturated rings. The van der Waals surface area contributed by atoms with Crippen molar-refractivity contribution in [2.75, 3.05) is 20.3 Å². The minimum Gasteiger partial charge on any atom is -0.488 e. The van der Waals surface area contributed by atoms with Crippen molar-refractivity contribution in [3.8, 4) is 22.9 Å². The van der Waals surface area contributed by atoms with Gasteiger partial charge in [0.2, 0.25) is 5.88 Å². The summed E-state index contributed by atoms with van der Waals surface area (Å²) < 4.78 is 17.4. The Balaban J connectivity index is 1.33. The van der Waals surface area contributed by atoms with Crippen LogP contribution in [-0.4, -0.2) is 59.3 Å². The third kappa shape index (κ3) is 4.99. The second kappa shape index (κ2) is 10.3. The first kappa shape index (κ1) is 24.8. The first-order valence-corrected chi connectivity index (χ1v) is 13.1. The molecule has 2 aliphatic heterocycles. The topological polar surface area (TPSA) is 106 Å². The molecule has 4 heterocycles. The molecule has 0 unspecified atom stereocenters. The molecular formula is C30H30N4O5. The molecule has 0 saturated carbocycles. The van der Waals surface area contributed by atoms with E-state index < -0.39 is 0 Å². The molecule has 9 heteroatoms. The highest BCUT2D eigenvalue weighted by Gasteiger charge is 2.39. The number of aromatic nitrogens is 2. The number of pyridine rings is 1. The van der Waals surface area contributed by atoms with Crippen LogP contribution in [0.4, 0.5) is 4.79 Å². The van der Waals surface area contributed by atoms with Gasteiger partial charge in [0.15, 0.2) is 0 Å². The van der Waals surface area contributed by atoms with E-state index in [4.69, 9.17) is 19.2 Å². The number of rotatable bonds is 7. The molecule has 4 aromatic rings. The summed E-state index contributed by atoms with van der Waals surface area (Å²) in [6, 6.07) is 17.7. The van der Waals surface area contributed by atoms with Gasteiger partial charge in [-0.2, -0.15) is 0 Å². The number of piperidine rings is 1. The van der Waals surface area contributed by atoms with Gasteiger partial charge in [-0.15, -0.1) is 0 Å². The summed E-state index contributed by atoms with van der Waals surface area (Å²) in [7, 11) is 1.51. The molecule has 2 N–H and O–H groups in total. The lowest BCUT2D eigenvalue weighted by atomic mass is 10.0. The summed E-state index contributed by atoms with van der Waals surface area (Å²) in [6.07, 6.45) is 2.76. The van der Waals surface area contributed by atoms with Crippen LogP contribution in [0.15, 0.2) is 60.8 Å². The Bertz CT molecular complexity index is 1530. The minimum absolute atomic E-state index is 0.0145. The Kier molecular flexibility index (Phi) is 6.56. The number of carbonyl (C=O) groups is 2. The van der Waals surface area contributed by atoms with E-state index in [0.717, 1.165) is 27.6 Å². The van der Waals surface area contributed by atoms with Crippen molar-refractivity contribution < 1.29 is 23.8 Å². The first-order valence-electron chi connectivity index (χ1n) is 13.1. The largest absolute Gasteiger partial charge is 0.488 e. The average molecular weight is 527 g/mol. The third-order valence-corrected chi connectivity index (χ3v) is 7.39. The average Bonchev–Trinajstić information content (AvgIpc) is 3.58. The van der Waals surface area contributed by atoms with E-state index in [1.54, 1.807) is 11.0 Å². The van der Waals surface area contributed by atoms with Crippen LogP contribution in [0.2, 0.25) is 0 Å². The van der Waals surface area contributed by atoms with Gasteiger partial charge in [0.1, 0.15) is 29.7 Å². The Morgan fingerprint density at radius 3 is 2.85 bits per heavy atom. The lowest BCUT2D eigenvalue weighted by Gasteiger charge is -2.33. The fraction of sp³-hybridized carbons (Fsp3) is 0.300. The summed E-state index contributed by atoms with van der Waals surface area (Å²) in [5.74, 6) is 0.411. The molecule has 9 nitrogen and oxygen atoms in total. The number of nitrogens with one attached hydrogen (secondary N) is 2. The number of aryl methyl sites for hydroxylation is 1. The summed E-state index contributed by atoms with van der Waals surface area (Å²) in [4.78, 5) is 35.0. The molecule has 200 valence electrons. The molecule has 2 amide bonds. The van der Waals surface area contributed by atoms with Gasteiger partial charge in [-0.05, 0) is 30.7 Å². The van der Waals surface area contributed by atoms with Gasteiger partial charge in [0.05, 0.1) is 13.2 Å². The van der Waals surface area contributed by atoms with Crippen LogP contribution in [0.3, 0.4) is 0 Å². The van der Waals surface area contributed by atoms with E-state index >= 15 is 0 Å². The van der Waals surface area contributed by atoms with Gasteiger partial charge in [0.25, 0.3) is 5.91 Å². The van der Waals surface area contributed by atoms with E-state index in [0.29, 0.717) is 49.5 Å². The van der Waals surface area contributed by atoms with Crippen LogP contribution in [0.25, 0.3) is 22.2 Å². The minimum atomic E-state index is -0.304. The summed E-state index contributed by atoms with van der Waals surface area (Å²) in [5, 5.41) is 4.01. The maximum Gasteiger partial charge on any atom is 0.410 e. The predicted octanol–water partition coefficient (Wildman–Crippen LogP) is 4.84. The van der Waals surface area contributed by atoms with Crippen molar-refractivity contribution in [3.63, 3.8) is 0 Å². The van der Waals surface area contributed by atoms with E-state index in [1.807, 2.05) is 61.7 Å². The normalized spacial score (nSPS) is 18.5. The Labute approximate surface area is 226 Å². The molecule has 2 saturated heterocycles. The van der Waals surface area contributed by atoms with E-state index in [-0.39, 0.29) is 30.0 Å². The number of hydrogen-bond acceptors (Lipinski definition) is 6. The van der Waals surface area contributed by atoms with Crippen LogP contribution < -0.4 is 14.8 Å². The van der Waals surface area contributed by atoms with Crippen molar-refractivity contribution in [3.05, 3.63) is 77.5 Å². The highest BCUT2D eigenvalue weighted by atomic mass is 16.6. The number of hydrogen-bond donors (Lipinski definition) is 2. The quantitative estimate of drug-likeness (QED) is 0.357. The number of benzene rings is 2. The molecule has 39 heavy (non-hydrogen) atoms. The molecule has 0 aliphatic carbocycles. The van der Waals surface area contributed by atoms with Gasteiger partial charge in [-0.1, -0.05) is 35.9 Å². The lowest BCUT2D eigenvalue weighted by molar-refractivity contribution is 0.0913. The van der Waals surface area contributed by atoms with E-state index in [1.165, 1.54) is 7.11 Å². The molecule has 2 aliphatic rings. The zero-order valence-corrected chi connectivity index (χ0v) is 21.9. The highest BCUT2D eigenvalue weighted by molar-refractivity contribution is 5.97. The molecule has 2 aromatic heterocycles. The first-order chi connectivity index (χ1) is 19.0. The zero-order valence-electron chi connectivity index (χ0n) is 21.9. The molecule has 0 spiro atoms. The summed E-state index contributed by atoms with van der Waals surface area (Å²) in [5.41, 5.74) is 4.89. The molecule has 2 aromatic carbocycles. The predicted molar refractivity (Wildman–Crippen MR) is 146 cm³/mol. The van der Waals surface area contributed by atoms with E-state index in [9.17, 15) is 9.59 Å². The van der Waals surface area contributed by atoms with Gasteiger partial charge in [-0.25, -0.2) is 9.78 Å². The molecule has 6 rings (SSSR count). The van der Waals surface area contributed by atoms with Gasteiger partial charge < -0.3 is 29.4 Å². The van der Waals surface area contributed by atoms with Gasteiger partial charge in [0, 0.05) is 54.7 Å². The molecule has 0 radical (unpaired) electrons. The van der Waals surface area contributed by atoms with Crippen molar-refractivity contribution in [1.29, 1.82) is 0 Å². The van der Waals surface area contributed by atoms with Crippen LogP contribution in [0.5, 0.6) is 11.6 Å². The maximum absolute atomic E-state index is 13.3. The van der Waals surface area contributed by atoms with Crippen LogP contribution in [0, 0.1) is 6.92 Å². The Morgan fingerprint density at radius 1 is 1.18 bits per heavy atom. The van der Waals surface area contributed by atoms with Crippen LogP contribution in [0.1, 0.15) is 34.3 Å². The Morgan fingerprint density at radius 2 is 2.03 bits per heavy atom. The number of aromatic amines is 1. The highest BCUT2D eigenvalue weighted by Crippen LogP contribution is 2.37. The number of ether oxygens (including phenoxy) is 3. The summed E-state index contributed by atoms with van der Waals surface area (Å²) >= 11 is 0. The zero-order chi connectivity index (χ0) is 26.9. The molecular weight excluding hydrogens is 496 g/mol. The smallest absolute Gasteiger partial charge is 0.410 e. The number of nitrogens with zero attached hydrogens (tertiary/aromatic N) is 2. The van der Waals surface area contributed by atoms with Gasteiger partial charge in [-0.3, -0.25) is 4.79 Å². The van der Waals surface area contributed by atoms with Crippen molar-refractivity contribution in [2.45, 2.75) is 38.5 Å². The maximum atomic E-state index is 13.3. The number of methoxy groups -OCH3 is 1. The SMILES string of the molecule is COc1nc(-c2ccc3[nH]ccc3c2)c(O[C@H]2CCN3C(=O)OC[C@@H]3C2)cc1C(=O)NCc1ccc(C)cc1. The number of amides is 2. The van der Waals surface area contributed by atoms with Crippen LogP contribution >= 0.6 is 0 Å². The second-order valence-corrected chi connectivity index (χ2v) is 10.0. The van der Waals surface area contributed by atoms with Gasteiger partial charge >= 0.3 is 6.09 Å². The van der Waals surface area contributed by atoms with Crippen molar-refractivity contribution in [2.24, 2.45) is 0 Å². The lowest BCUT2D eigenvalue weighted by Crippen LogP contribution is -2.44. The number of cyclic esters (lactones) is 1.